The Bertz CT molecular complexity index is 450. The molecule has 5 heteroatoms. The van der Waals surface area contributed by atoms with Crippen LogP contribution >= 0.6 is 23.1 Å². The second-order valence-corrected chi connectivity index (χ2v) is 4.40. The Labute approximate surface area is 97.5 Å². The van der Waals surface area contributed by atoms with Crippen molar-refractivity contribution >= 4 is 28.8 Å². The topological polar surface area (TPSA) is 29.0 Å². The molecule has 15 heavy (non-hydrogen) atoms. The van der Waals surface area contributed by atoms with E-state index < -0.39 is 0 Å². The van der Waals surface area contributed by atoms with Gasteiger partial charge in [-0.3, -0.25) is 0 Å². The number of aromatic nitrogens is 2. The van der Waals surface area contributed by atoms with Crippen LogP contribution in [0.4, 0.5) is 5.69 Å². The first-order valence-corrected chi connectivity index (χ1v) is 5.59. The Kier molecular flexibility index (Phi) is 2.88. The third-order valence-electron chi connectivity index (χ3n) is 2.03. The van der Waals surface area contributed by atoms with E-state index >= 15 is 0 Å². The smallest absolute Gasteiger partial charge is 0.234 e. The summed E-state index contributed by atoms with van der Waals surface area (Å²) in [7, 11) is 4.02. The van der Waals surface area contributed by atoms with Gasteiger partial charge in [0.05, 0.1) is 0 Å². The van der Waals surface area contributed by atoms with Gasteiger partial charge in [0, 0.05) is 25.3 Å². The highest BCUT2D eigenvalue weighted by Crippen LogP contribution is 2.24. The molecule has 0 aliphatic heterocycles. The van der Waals surface area contributed by atoms with Crippen molar-refractivity contribution in [1.29, 1.82) is 0 Å². The van der Waals surface area contributed by atoms with E-state index in [0.29, 0.717) is 5.28 Å². The summed E-state index contributed by atoms with van der Waals surface area (Å²) in [6, 6.07) is 8.13. The van der Waals surface area contributed by atoms with Gasteiger partial charge in [-0.1, -0.05) is 0 Å². The minimum Gasteiger partial charge on any atom is -0.378 e. The molecule has 0 aliphatic rings. The van der Waals surface area contributed by atoms with Crippen molar-refractivity contribution in [3.05, 3.63) is 29.5 Å². The summed E-state index contributed by atoms with van der Waals surface area (Å²) in [5.74, 6) is 0. The largest absolute Gasteiger partial charge is 0.378 e. The lowest BCUT2D eigenvalue weighted by atomic mass is 10.2. The molecule has 1 aromatic carbocycles. The molecule has 0 bridgehead atoms. The molecule has 2 aromatic rings. The molecule has 0 spiro atoms. The molecule has 0 N–H and O–H groups in total. The summed E-state index contributed by atoms with van der Waals surface area (Å²) in [4.78, 5) is 6.17. The van der Waals surface area contributed by atoms with Crippen LogP contribution in [0.2, 0.25) is 5.28 Å². The number of nitrogens with zero attached hydrogens (tertiary/aromatic N) is 3. The quantitative estimate of drug-likeness (QED) is 0.807. The van der Waals surface area contributed by atoms with Crippen LogP contribution in [0.5, 0.6) is 0 Å². The third kappa shape index (κ3) is 2.27. The molecule has 0 aliphatic carbocycles. The summed E-state index contributed by atoms with van der Waals surface area (Å²) in [6.45, 7) is 0. The highest BCUT2D eigenvalue weighted by molar-refractivity contribution is 7.09. The minimum absolute atomic E-state index is 0.312. The molecule has 1 heterocycles. The van der Waals surface area contributed by atoms with E-state index in [4.69, 9.17) is 11.6 Å². The summed E-state index contributed by atoms with van der Waals surface area (Å²) in [5.41, 5.74) is 2.21. The van der Waals surface area contributed by atoms with Crippen molar-refractivity contribution in [2.75, 3.05) is 19.0 Å². The van der Waals surface area contributed by atoms with Gasteiger partial charge in [0.25, 0.3) is 0 Å². The van der Waals surface area contributed by atoms with Crippen molar-refractivity contribution in [2.24, 2.45) is 0 Å². The third-order valence-corrected chi connectivity index (χ3v) is 3.07. The fourth-order valence-electron chi connectivity index (χ4n) is 1.22. The molecular weight excluding hydrogens is 230 g/mol. The zero-order valence-corrected chi connectivity index (χ0v) is 10.0. The fraction of sp³-hybridized carbons (Fsp3) is 0.200. The number of anilines is 1. The summed E-state index contributed by atoms with van der Waals surface area (Å²) in [6.07, 6.45) is 0. The van der Waals surface area contributed by atoms with Gasteiger partial charge in [-0.05, 0) is 47.4 Å². The van der Waals surface area contributed by atoms with Crippen molar-refractivity contribution in [1.82, 2.24) is 9.36 Å². The number of hydrogen-bond donors (Lipinski definition) is 0. The number of benzene rings is 1. The minimum atomic E-state index is 0.312. The van der Waals surface area contributed by atoms with Crippen molar-refractivity contribution in [2.45, 2.75) is 0 Å². The zero-order chi connectivity index (χ0) is 10.8. The molecule has 0 radical (unpaired) electrons. The van der Waals surface area contributed by atoms with Crippen LogP contribution in [0, 0.1) is 0 Å². The van der Waals surface area contributed by atoms with Gasteiger partial charge in [-0.15, -0.1) is 0 Å². The van der Waals surface area contributed by atoms with Crippen molar-refractivity contribution < 1.29 is 0 Å². The molecule has 3 nitrogen and oxygen atoms in total. The Hall–Kier alpha value is -1.13. The molecule has 0 saturated heterocycles. The van der Waals surface area contributed by atoms with E-state index in [9.17, 15) is 0 Å². The maximum Gasteiger partial charge on any atom is 0.234 e. The van der Waals surface area contributed by atoms with E-state index in [0.717, 1.165) is 16.3 Å². The molecule has 0 amide bonds. The zero-order valence-electron chi connectivity index (χ0n) is 8.44. The molecule has 0 atom stereocenters. The van der Waals surface area contributed by atoms with Crippen LogP contribution in [0.1, 0.15) is 0 Å². The standard InChI is InChI=1S/C10H10ClN3S/c1-14(2)8-5-3-7(4-6-8)9-12-10(11)13-15-9/h3-6H,1-2H3. The first-order valence-electron chi connectivity index (χ1n) is 4.44. The van der Waals surface area contributed by atoms with Gasteiger partial charge < -0.3 is 4.90 Å². The summed E-state index contributed by atoms with van der Waals surface area (Å²) >= 11 is 6.98. The lowest BCUT2D eigenvalue weighted by Gasteiger charge is -2.11. The van der Waals surface area contributed by atoms with Gasteiger partial charge in [-0.2, -0.15) is 4.37 Å². The van der Waals surface area contributed by atoms with Crippen LogP contribution < -0.4 is 4.90 Å². The lowest BCUT2D eigenvalue weighted by molar-refractivity contribution is 1.13. The summed E-state index contributed by atoms with van der Waals surface area (Å²) < 4.78 is 3.94. The average molecular weight is 240 g/mol. The molecule has 0 unspecified atom stereocenters. The average Bonchev–Trinajstić information content (AvgIpc) is 2.65. The monoisotopic (exact) mass is 239 g/mol. The maximum absolute atomic E-state index is 5.67. The number of hydrogen-bond acceptors (Lipinski definition) is 4. The second kappa shape index (κ2) is 4.16. The molecule has 0 fully saturated rings. The van der Waals surface area contributed by atoms with Crippen LogP contribution in [-0.2, 0) is 0 Å². The molecule has 78 valence electrons. The van der Waals surface area contributed by atoms with Gasteiger partial charge in [-0.25, -0.2) is 4.98 Å². The van der Waals surface area contributed by atoms with Crippen LogP contribution in [0.3, 0.4) is 0 Å². The van der Waals surface area contributed by atoms with Crippen molar-refractivity contribution in [3.8, 4) is 10.6 Å². The van der Waals surface area contributed by atoms with E-state index in [1.165, 1.54) is 11.5 Å². The predicted octanol–water partition coefficient (Wildman–Crippen LogP) is 2.92. The predicted molar refractivity (Wildman–Crippen MR) is 64.7 cm³/mol. The number of halogens is 1. The first kappa shape index (κ1) is 10.4. The van der Waals surface area contributed by atoms with Gasteiger partial charge in [0.2, 0.25) is 5.28 Å². The van der Waals surface area contributed by atoms with Crippen molar-refractivity contribution in [3.63, 3.8) is 0 Å². The molecule has 1 aromatic heterocycles. The van der Waals surface area contributed by atoms with Crippen LogP contribution in [0.25, 0.3) is 10.6 Å². The summed E-state index contributed by atoms with van der Waals surface area (Å²) in [5, 5.41) is 1.16. The number of rotatable bonds is 2. The fourth-order valence-corrected chi connectivity index (χ4v) is 2.03. The Morgan fingerprint density at radius 3 is 2.33 bits per heavy atom. The Morgan fingerprint density at radius 2 is 1.87 bits per heavy atom. The molecule has 0 saturated carbocycles. The normalized spacial score (nSPS) is 10.3. The highest BCUT2D eigenvalue weighted by atomic mass is 35.5. The SMILES string of the molecule is CN(C)c1ccc(-c2nc(Cl)ns2)cc1. The Morgan fingerprint density at radius 1 is 1.20 bits per heavy atom. The highest BCUT2D eigenvalue weighted by Gasteiger charge is 2.04. The van der Waals surface area contributed by atoms with Gasteiger partial charge >= 0.3 is 0 Å². The first-order chi connectivity index (χ1) is 7.16. The van der Waals surface area contributed by atoms with Crippen LogP contribution in [0.15, 0.2) is 24.3 Å². The van der Waals surface area contributed by atoms with E-state index in [-0.39, 0.29) is 0 Å². The van der Waals surface area contributed by atoms with E-state index in [1.54, 1.807) is 0 Å². The van der Waals surface area contributed by atoms with E-state index in [1.807, 2.05) is 38.4 Å². The van der Waals surface area contributed by atoms with Gasteiger partial charge in [0.15, 0.2) is 0 Å². The molecular formula is C10H10ClN3S. The maximum atomic E-state index is 5.67. The second-order valence-electron chi connectivity index (χ2n) is 3.31. The molecule has 2 rings (SSSR count). The van der Waals surface area contributed by atoms with E-state index in [2.05, 4.69) is 14.3 Å². The lowest BCUT2D eigenvalue weighted by Crippen LogP contribution is -2.07. The van der Waals surface area contributed by atoms with Gasteiger partial charge in [0.1, 0.15) is 5.01 Å². The van der Waals surface area contributed by atoms with Crippen LogP contribution in [-0.4, -0.2) is 23.5 Å². The Balaban J connectivity index is 2.31.